The number of allylic oxidation sites excluding steroid dienone is 4. The van der Waals surface area contributed by atoms with Crippen molar-refractivity contribution in [3.8, 4) is 0 Å². The summed E-state index contributed by atoms with van der Waals surface area (Å²) < 4.78 is 19.4. The first kappa shape index (κ1) is 43.8. The first-order valence-electron chi connectivity index (χ1n) is 21.1. The van der Waals surface area contributed by atoms with Gasteiger partial charge in [0, 0.05) is 30.4 Å². The van der Waals surface area contributed by atoms with Crippen molar-refractivity contribution in [1.82, 2.24) is 10.3 Å². The van der Waals surface area contributed by atoms with Crippen LogP contribution in [0.3, 0.4) is 0 Å². The van der Waals surface area contributed by atoms with Crippen LogP contribution in [0.5, 0.6) is 0 Å². The standard InChI is InChI=1S/C45H58Cl2N2O10/c1-7-25-19-45-39(52)33(42(56)59-45)38(51)44(8-2)26(12-10-9-11-22(3)18-43(45,6)20-28(25)41(54)55)14-15-27-29(44)16-13-23(4)37(27)58-32-17-31(50)35(24(5)57-32)49-40(53)36-34(47)30(46)21-48-36/h9-10,14-15,18,20-21,23-27,29,31-32,35,37,41,48,50,52,54-55H,7-8,11-13,16-17,19H2,1-6H3,(H,49,53)/b10-9+,22-18+. The average Bonchev–Trinajstić information content (AvgIpc) is 3.65. The van der Waals surface area contributed by atoms with Gasteiger partial charge >= 0.3 is 5.97 Å². The maximum Gasteiger partial charge on any atom is 0.346 e. The quantitative estimate of drug-likeness (QED) is 0.0709. The third-order valence-corrected chi connectivity index (χ3v) is 15.3. The number of hydrogen-bond acceptors (Lipinski definition) is 10. The molecule has 1 saturated carbocycles. The molecule has 12 nitrogen and oxygen atoms in total. The van der Waals surface area contributed by atoms with E-state index in [1.54, 1.807) is 13.0 Å². The Labute approximate surface area is 355 Å². The van der Waals surface area contributed by atoms with Crippen LogP contribution in [-0.2, 0) is 23.8 Å². The molecule has 2 fully saturated rings. The Morgan fingerprint density at radius 1 is 1.12 bits per heavy atom. The van der Waals surface area contributed by atoms with Gasteiger partial charge in [-0.05, 0) is 88.5 Å². The molecular formula is C45H58Cl2N2O10. The molecule has 13 unspecified atom stereocenters. The number of aromatic amines is 1. The smallest absolute Gasteiger partial charge is 0.346 e. The molecule has 0 aromatic carbocycles. The SMILES string of the molecule is CCC1CC23OC(=O)C(=C2O)C(=O)C2(CC)C(C=CC4C(OC5CC(O)C(NC(=O)c6[nH]cc(Cl)c6Cl)C(C)O5)C(C)CCC42)C/C=C/C/C(C)=C/C3(C)C=C1C(O)O. The summed E-state index contributed by atoms with van der Waals surface area (Å²) in [6, 6.07) is -0.759. The van der Waals surface area contributed by atoms with Gasteiger partial charge < -0.3 is 44.9 Å². The van der Waals surface area contributed by atoms with Crippen LogP contribution in [0.15, 0.2) is 65.1 Å². The minimum absolute atomic E-state index is 0.0440. The normalized spacial score (nSPS) is 41.3. The minimum atomic E-state index is -1.74. The van der Waals surface area contributed by atoms with Gasteiger partial charge in [0.25, 0.3) is 5.91 Å². The lowest BCUT2D eigenvalue weighted by molar-refractivity contribution is -0.257. The number of amides is 1. The molecule has 1 aromatic heterocycles. The van der Waals surface area contributed by atoms with Crippen LogP contribution in [0.1, 0.15) is 103 Å². The number of aromatic nitrogens is 1. The number of ether oxygens (including phenoxy) is 3. The van der Waals surface area contributed by atoms with Crippen molar-refractivity contribution in [3.05, 3.63) is 80.9 Å². The number of Topliss-reactive ketones (excluding diaryl/α,β-unsaturated/α-hetero) is 1. The molecule has 6 aliphatic rings. The number of ketones is 1. The Kier molecular flexibility index (Phi) is 12.3. The average molecular weight is 858 g/mol. The number of aliphatic hydroxyl groups excluding tert-OH is 3. The summed E-state index contributed by atoms with van der Waals surface area (Å²) in [6.07, 6.45) is 12.3. The largest absolute Gasteiger partial charge is 0.507 e. The van der Waals surface area contributed by atoms with Crippen molar-refractivity contribution >= 4 is 40.9 Å². The van der Waals surface area contributed by atoms with Gasteiger partial charge in [0.15, 0.2) is 29.7 Å². The topological polar surface area (TPSA) is 188 Å². The molecule has 1 saturated heterocycles. The highest BCUT2D eigenvalue weighted by molar-refractivity contribution is 6.43. The third-order valence-electron chi connectivity index (χ3n) is 14.6. The van der Waals surface area contributed by atoms with Crippen LogP contribution in [0, 0.1) is 40.4 Å². The lowest BCUT2D eigenvalue weighted by Gasteiger charge is -2.54. The molecule has 2 bridgehead atoms. The van der Waals surface area contributed by atoms with Gasteiger partial charge in [-0.2, -0.15) is 0 Å². The monoisotopic (exact) mass is 856 g/mol. The van der Waals surface area contributed by atoms with E-state index in [0.717, 1.165) is 12.0 Å². The van der Waals surface area contributed by atoms with E-state index >= 15 is 4.79 Å². The molecule has 14 heteroatoms. The number of aliphatic hydroxyl groups is 4. The van der Waals surface area contributed by atoms with Crippen LogP contribution in [0.4, 0.5) is 0 Å². The Morgan fingerprint density at radius 2 is 1.86 bits per heavy atom. The highest BCUT2D eigenvalue weighted by atomic mass is 35.5. The van der Waals surface area contributed by atoms with E-state index in [1.807, 2.05) is 33.8 Å². The number of carbonyl (C=O) groups excluding carboxylic acids is 3. The fourth-order valence-corrected chi connectivity index (χ4v) is 11.8. The molecule has 0 radical (unpaired) electrons. The number of esters is 1. The van der Waals surface area contributed by atoms with Crippen molar-refractivity contribution in [2.75, 3.05) is 0 Å². The zero-order chi connectivity index (χ0) is 42.8. The molecule has 7 rings (SSSR count). The van der Waals surface area contributed by atoms with Gasteiger partial charge in [0.1, 0.15) is 11.3 Å². The van der Waals surface area contributed by atoms with Crippen molar-refractivity contribution in [3.63, 3.8) is 0 Å². The molecule has 3 heterocycles. The zero-order valence-electron chi connectivity index (χ0n) is 34.5. The van der Waals surface area contributed by atoms with Crippen LogP contribution in [0.25, 0.3) is 0 Å². The molecule has 2 aliphatic heterocycles. The summed E-state index contributed by atoms with van der Waals surface area (Å²) in [7, 11) is 0. The Hall–Kier alpha value is -3.23. The summed E-state index contributed by atoms with van der Waals surface area (Å²) in [5.41, 5.74) is -2.89. The first-order valence-corrected chi connectivity index (χ1v) is 21.8. The molecule has 1 aromatic rings. The van der Waals surface area contributed by atoms with E-state index in [1.165, 1.54) is 6.20 Å². The number of halogens is 2. The summed E-state index contributed by atoms with van der Waals surface area (Å²) >= 11 is 12.2. The maximum atomic E-state index is 15.6. The second-order valence-corrected chi connectivity index (χ2v) is 18.7. The second-order valence-electron chi connectivity index (χ2n) is 17.9. The Bertz CT molecular complexity index is 1990. The van der Waals surface area contributed by atoms with Crippen LogP contribution >= 0.6 is 23.2 Å². The van der Waals surface area contributed by atoms with Gasteiger partial charge in [0.05, 0.1) is 39.8 Å². The van der Waals surface area contributed by atoms with Gasteiger partial charge in [-0.25, -0.2) is 4.79 Å². The minimum Gasteiger partial charge on any atom is -0.507 e. The molecule has 13 atom stereocenters. The van der Waals surface area contributed by atoms with E-state index in [2.05, 4.69) is 41.5 Å². The number of hydrogen-bond donors (Lipinski definition) is 6. The van der Waals surface area contributed by atoms with Gasteiger partial charge in [-0.15, -0.1) is 0 Å². The molecule has 4 aliphatic carbocycles. The predicted octanol–water partition coefficient (Wildman–Crippen LogP) is 7.19. The predicted molar refractivity (Wildman–Crippen MR) is 221 cm³/mol. The fourth-order valence-electron chi connectivity index (χ4n) is 11.4. The Balaban J connectivity index is 1.22. The fraction of sp³-hybridized carbons (Fsp3) is 0.622. The lowest BCUT2D eigenvalue weighted by atomic mass is 9.50. The van der Waals surface area contributed by atoms with Crippen molar-refractivity contribution in [2.24, 2.45) is 40.4 Å². The zero-order valence-corrected chi connectivity index (χ0v) is 36.1. The maximum absolute atomic E-state index is 15.6. The molecule has 1 amide bonds. The summed E-state index contributed by atoms with van der Waals surface area (Å²) in [4.78, 5) is 45.7. The van der Waals surface area contributed by atoms with Crippen LogP contribution in [-0.4, -0.2) is 85.6 Å². The molecular weight excluding hydrogens is 799 g/mol. The number of carbonyl (C=O) groups is 3. The second kappa shape index (κ2) is 16.6. The van der Waals surface area contributed by atoms with Crippen molar-refractivity contribution in [1.29, 1.82) is 0 Å². The van der Waals surface area contributed by atoms with Gasteiger partial charge in [-0.1, -0.05) is 86.0 Å². The molecule has 6 N–H and O–H groups in total. The highest BCUT2D eigenvalue weighted by Gasteiger charge is 2.66. The number of H-pyrrole nitrogens is 1. The number of rotatable bonds is 7. The van der Waals surface area contributed by atoms with Gasteiger partial charge in [-0.3, -0.25) is 9.59 Å². The van der Waals surface area contributed by atoms with E-state index in [0.29, 0.717) is 37.7 Å². The molecule has 59 heavy (non-hydrogen) atoms. The van der Waals surface area contributed by atoms with E-state index in [-0.39, 0.29) is 57.8 Å². The number of fused-ring (bicyclic) bond motifs is 3. The highest BCUT2D eigenvalue weighted by Crippen LogP contribution is 2.61. The van der Waals surface area contributed by atoms with Gasteiger partial charge in [0.2, 0.25) is 0 Å². The number of nitrogens with one attached hydrogen (secondary N) is 2. The summed E-state index contributed by atoms with van der Waals surface area (Å²) in [6.45, 7) is 11.5. The first-order chi connectivity index (χ1) is 27.9. The van der Waals surface area contributed by atoms with Crippen LogP contribution in [0.2, 0.25) is 10.0 Å². The molecule has 322 valence electrons. The van der Waals surface area contributed by atoms with E-state index in [9.17, 15) is 30.0 Å². The van der Waals surface area contributed by atoms with Crippen molar-refractivity contribution < 1.29 is 49.0 Å². The summed E-state index contributed by atoms with van der Waals surface area (Å²) in [5, 5.41) is 47.8. The van der Waals surface area contributed by atoms with Crippen LogP contribution < -0.4 is 5.32 Å². The third kappa shape index (κ3) is 7.28. The molecule has 1 spiro atoms. The van der Waals surface area contributed by atoms with E-state index in [4.69, 9.17) is 37.4 Å². The Morgan fingerprint density at radius 3 is 2.51 bits per heavy atom. The van der Waals surface area contributed by atoms with E-state index < -0.39 is 82.7 Å². The van der Waals surface area contributed by atoms with Crippen molar-refractivity contribution in [2.45, 2.75) is 135 Å². The lowest BCUT2D eigenvalue weighted by Crippen LogP contribution is -2.58. The summed E-state index contributed by atoms with van der Waals surface area (Å²) in [5.74, 6) is -3.50.